The maximum Gasteiger partial charge on any atom is 0.361 e. The summed E-state index contributed by atoms with van der Waals surface area (Å²) in [7, 11) is 0. The van der Waals surface area contributed by atoms with Gasteiger partial charge in [0, 0.05) is 0 Å². The van der Waals surface area contributed by atoms with Gasteiger partial charge in [0.05, 0.1) is 6.07 Å². The van der Waals surface area contributed by atoms with Crippen molar-refractivity contribution in [2.75, 3.05) is 6.61 Å². The lowest BCUT2D eigenvalue weighted by molar-refractivity contribution is -0.392. The van der Waals surface area contributed by atoms with E-state index in [1.165, 1.54) is 12.2 Å². The fourth-order valence-corrected chi connectivity index (χ4v) is 1.12. The molecule has 0 bridgehead atoms. The lowest BCUT2D eigenvalue weighted by atomic mass is 10.4. The van der Waals surface area contributed by atoms with Crippen LogP contribution in [-0.4, -0.2) is 27.3 Å². The van der Waals surface area contributed by atoms with Gasteiger partial charge in [0.25, 0.3) is 0 Å². The van der Waals surface area contributed by atoms with Gasteiger partial charge in [-0.25, -0.2) is 4.79 Å². The number of nitro groups is 1. The summed E-state index contributed by atoms with van der Waals surface area (Å²) in [6, 6.07) is 1.06. The lowest BCUT2D eigenvalue weighted by Gasteiger charge is -1.95. The molecule has 0 amide bonds. The molecule has 0 aromatic carbocycles. The van der Waals surface area contributed by atoms with Crippen molar-refractivity contribution >= 4 is 11.8 Å². The second-order valence-electron chi connectivity index (χ2n) is 3.00. The van der Waals surface area contributed by atoms with Crippen molar-refractivity contribution in [2.45, 2.75) is 6.54 Å². The van der Waals surface area contributed by atoms with E-state index < -0.39 is 10.9 Å². The first-order valence-corrected chi connectivity index (χ1v) is 4.71. The van der Waals surface area contributed by atoms with E-state index in [0.717, 1.165) is 10.7 Å². The Morgan fingerprint density at radius 1 is 1.59 bits per heavy atom. The Morgan fingerprint density at radius 2 is 2.29 bits per heavy atom. The second kappa shape index (κ2) is 5.59. The number of aromatic nitrogens is 2. The van der Waals surface area contributed by atoms with E-state index in [9.17, 15) is 14.9 Å². The first-order valence-electron chi connectivity index (χ1n) is 4.71. The van der Waals surface area contributed by atoms with Crippen LogP contribution in [0.5, 0.6) is 0 Å². The Labute approximate surface area is 97.1 Å². The number of carbonyl (C=O) groups is 1. The van der Waals surface area contributed by atoms with Crippen LogP contribution in [0.25, 0.3) is 0 Å². The zero-order chi connectivity index (χ0) is 12.8. The molecule has 90 valence electrons. The molecule has 1 heterocycles. The number of carbonyl (C=O) groups excluding carboxylic acids is 1. The van der Waals surface area contributed by atoms with E-state index in [-0.39, 0.29) is 24.7 Å². The molecule has 7 heteroatoms. The van der Waals surface area contributed by atoms with E-state index in [2.05, 4.69) is 18.3 Å². The molecule has 0 atom stereocenters. The van der Waals surface area contributed by atoms with Crippen LogP contribution in [0, 0.1) is 10.1 Å². The summed E-state index contributed by atoms with van der Waals surface area (Å²) in [4.78, 5) is 21.5. The fourth-order valence-electron chi connectivity index (χ4n) is 1.12. The number of hydrogen-bond donors (Lipinski definition) is 0. The Hall–Kier alpha value is -2.44. The number of rotatable bonds is 6. The van der Waals surface area contributed by atoms with Crippen LogP contribution in [0.1, 0.15) is 10.5 Å². The molecular weight excluding hydrogens is 226 g/mol. The minimum Gasteiger partial charge on any atom is -0.457 e. The van der Waals surface area contributed by atoms with Gasteiger partial charge in [0.15, 0.2) is 5.69 Å². The zero-order valence-corrected chi connectivity index (χ0v) is 9.04. The van der Waals surface area contributed by atoms with Gasteiger partial charge >= 0.3 is 11.8 Å². The molecule has 0 aliphatic carbocycles. The van der Waals surface area contributed by atoms with Gasteiger partial charge in [0.1, 0.15) is 13.2 Å². The van der Waals surface area contributed by atoms with Gasteiger partial charge < -0.3 is 14.9 Å². The number of esters is 1. The summed E-state index contributed by atoms with van der Waals surface area (Å²) >= 11 is 0. The lowest BCUT2D eigenvalue weighted by Crippen LogP contribution is -2.07. The average molecular weight is 237 g/mol. The third kappa shape index (κ3) is 3.00. The maximum atomic E-state index is 11.4. The van der Waals surface area contributed by atoms with Gasteiger partial charge in [-0.15, -0.1) is 4.68 Å². The van der Waals surface area contributed by atoms with Crippen LogP contribution in [0.3, 0.4) is 0 Å². The summed E-state index contributed by atoms with van der Waals surface area (Å²) in [6.07, 6.45) is 2.84. The molecule has 7 nitrogen and oxygen atoms in total. The summed E-state index contributed by atoms with van der Waals surface area (Å²) < 4.78 is 5.79. The third-order valence-corrected chi connectivity index (χ3v) is 1.79. The molecule has 0 unspecified atom stereocenters. The van der Waals surface area contributed by atoms with Crippen LogP contribution < -0.4 is 0 Å². The van der Waals surface area contributed by atoms with E-state index >= 15 is 0 Å². The second-order valence-corrected chi connectivity index (χ2v) is 3.00. The fraction of sp³-hybridized carbons (Fsp3) is 0.200. The third-order valence-electron chi connectivity index (χ3n) is 1.79. The maximum absolute atomic E-state index is 11.4. The molecule has 1 rings (SSSR count). The normalized spacial score (nSPS) is 9.65. The van der Waals surface area contributed by atoms with E-state index in [0.29, 0.717) is 0 Å². The molecule has 0 spiro atoms. The van der Waals surface area contributed by atoms with Crippen LogP contribution in [0.2, 0.25) is 0 Å². The van der Waals surface area contributed by atoms with E-state index in [4.69, 9.17) is 4.74 Å². The average Bonchev–Trinajstić information content (AvgIpc) is 2.70. The van der Waals surface area contributed by atoms with Gasteiger partial charge in [-0.05, 0) is 11.0 Å². The number of allylic oxidation sites excluding steroid dienone is 1. The van der Waals surface area contributed by atoms with Crippen molar-refractivity contribution in [3.63, 3.8) is 0 Å². The summed E-state index contributed by atoms with van der Waals surface area (Å²) in [5.74, 6) is -1.01. The first kappa shape index (κ1) is 12.6. The number of ether oxygens (including phenoxy) is 1. The molecule has 17 heavy (non-hydrogen) atoms. The quantitative estimate of drug-likeness (QED) is 0.322. The summed E-state index contributed by atoms with van der Waals surface area (Å²) in [5, 5.41) is 14.5. The topological polar surface area (TPSA) is 87.3 Å². The molecular formula is C10H11N3O4. The zero-order valence-electron chi connectivity index (χ0n) is 9.04. The van der Waals surface area contributed by atoms with Crippen molar-refractivity contribution in [3.8, 4) is 0 Å². The van der Waals surface area contributed by atoms with Crippen LogP contribution in [-0.2, 0) is 11.3 Å². The molecule has 0 fully saturated rings. The number of nitrogens with zero attached hydrogens (tertiary/aromatic N) is 3. The van der Waals surface area contributed by atoms with E-state index in [1.54, 1.807) is 0 Å². The molecule has 0 aliphatic rings. The highest BCUT2D eigenvalue weighted by Crippen LogP contribution is 2.14. The van der Waals surface area contributed by atoms with Crippen LogP contribution in [0.15, 0.2) is 31.4 Å². The molecule has 1 aromatic heterocycles. The van der Waals surface area contributed by atoms with Crippen LogP contribution in [0.4, 0.5) is 5.82 Å². The Bertz CT molecular complexity index is 464. The van der Waals surface area contributed by atoms with Crippen molar-refractivity contribution in [1.82, 2.24) is 9.78 Å². The molecule has 0 N–H and O–H groups in total. The van der Waals surface area contributed by atoms with Gasteiger partial charge in [0.2, 0.25) is 0 Å². The number of hydrogen-bond acceptors (Lipinski definition) is 5. The van der Waals surface area contributed by atoms with Gasteiger partial charge in [-0.1, -0.05) is 24.3 Å². The van der Waals surface area contributed by atoms with Crippen molar-refractivity contribution in [3.05, 3.63) is 47.2 Å². The predicted molar refractivity (Wildman–Crippen MR) is 59.6 cm³/mol. The highest BCUT2D eigenvalue weighted by Gasteiger charge is 2.22. The highest BCUT2D eigenvalue weighted by atomic mass is 16.6. The largest absolute Gasteiger partial charge is 0.457 e. The predicted octanol–water partition coefficient (Wildman–Crippen LogP) is 1.32. The standard InChI is InChI=1S/C10H11N3O4/c1-3-5-12-9(13(15)16)7-8(11-12)10(14)17-6-4-2/h3-4,7H,1-2,5-6H2. The van der Waals surface area contributed by atoms with Gasteiger partial charge in [-0.3, -0.25) is 0 Å². The first-order chi connectivity index (χ1) is 8.10. The molecule has 0 saturated heterocycles. The Morgan fingerprint density at radius 3 is 2.82 bits per heavy atom. The molecule has 0 saturated carbocycles. The SMILES string of the molecule is C=CCOC(=O)c1cc([N+](=O)[O-])n(CC=C)n1. The summed E-state index contributed by atoms with van der Waals surface area (Å²) in [6.45, 7) is 7.00. The smallest absolute Gasteiger partial charge is 0.361 e. The Kier molecular flexibility index (Phi) is 4.15. The Balaban J connectivity index is 2.98. The van der Waals surface area contributed by atoms with Gasteiger partial charge in [-0.2, -0.15) is 0 Å². The minimum absolute atomic E-state index is 0.0287. The summed E-state index contributed by atoms with van der Waals surface area (Å²) in [5.41, 5.74) is -0.111. The van der Waals surface area contributed by atoms with E-state index in [1.807, 2.05) is 0 Å². The highest BCUT2D eigenvalue weighted by molar-refractivity contribution is 5.87. The molecule has 0 radical (unpaired) electrons. The molecule has 1 aromatic rings. The minimum atomic E-state index is -0.726. The van der Waals surface area contributed by atoms with Crippen molar-refractivity contribution in [2.24, 2.45) is 0 Å². The monoisotopic (exact) mass is 237 g/mol. The van der Waals surface area contributed by atoms with Crippen molar-refractivity contribution < 1.29 is 14.5 Å². The molecule has 0 aliphatic heterocycles. The van der Waals surface area contributed by atoms with Crippen LogP contribution >= 0.6 is 0 Å². The van der Waals surface area contributed by atoms with Crippen molar-refractivity contribution in [1.29, 1.82) is 0 Å².